The fourth-order valence-electron chi connectivity index (χ4n) is 2.10. The van der Waals surface area contributed by atoms with Crippen molar-refractivity contribution in [3.05, 3.63) is 39.9 Å². The number of nitrogens with one attached hydrogen (secondary N) is 1. The van der Waals surface area contributed by atoms with Crippen molar-refractivity contribution in [1.29, 1.82) is 0 Å². The molecule has 0 spiro atoms. The van der Waals surface area contributed by atoms with Gasteiger partial charge in [0.25, 0.3) is 5.69 Å². The molecule has 0 amide bonds. The lowest BCUT2D eigenvalue weighted by Crippen LogP contribution is -2.29. The van der Waals surface area contributed by atoms with Gasteiger partial charge in [-0.3, -0.25) is 10.1 Å². The molecule has 0 heterocycles. The molecule has 0 aliphatic heterocycles. The maximum Gasteiger partial charge on any atom is 0.269 e. The molecule has 106 valence electrons. The van der Waals surface area contributed by atoms with Crippen LogP contribution in [0.25, 0.3) is 0 Å². The first kappa shape index (κ1) is 15.6. The maximum atomic E-state index is 10.8. The van der Waals surface area contributed by atoms with E-state index in [0.717, 1.165) is 12.0 Å². The van der Waals surface area contributed by atoms with E-state index in [4.69, 9.17) is 0 Å². The van der Waals surface area contributed by atoms with Crippen LogP contribution in [0.1, 0.15) is 52.1 Å². The second-order valence-electron chi connectivity index (χ2n) is 5.61. The average molecular weight is 264 g/mol. The van der Waals surface area contributed by atoms with Crippen molar-refractivity contribution in [3.63, 3.8) is 0 Å². The summed E-state index contributed by atoms with van der Waals surface area (Å²) in [4.78, 5) is 10.4. The quantitative estimate of drug-likeness (QED) is 0.596. The highest BCUT2D eigenvalue weighted by molar-refractivity contribution is 5.35. The summed E-state index contributed by atoms with van der Waals surface area (Å²) < 4.78 is 0. The summed E-state index contributed by atoms with van der Waals surface area (Å²) in [6, 6.07) is 7.38. The Labute approximate surface area is 115 Å². The van der Waals surface area contributed by atoms with Crippen LogP contribution in [0.15, 0.2) is 24.3 Å². The number of benzene rings is 1. The maximum absolute atomic E-state index is 10.8. The van der Waals surface area contributed by atoms with E-state index in [1.54, 1.807) is 12.1 Å². The number of nitro groups is 1. The molecule has 0 saturated carbocycles. The van der Waals surface area contributed by atoms with Gasteiger partial charge >= 0.3 is 0 Å². The molecule has 0 radical (unpaired) electrons. The molecule has 1 N–H and O–H groups in total. The Kier molecular flexibility index (Phi) is 5.96. The van der Waals surface area contributed by atoms with Crippen LogP contribution in [0.3, 0.4) is 0 Å². The predicted molar refractivity (Wildman–Crippen MR) is 78.2 cm³/mol. The van der Waals surface area contributed by atoms with Crippen LogP contribution in [0.5, 0.6) is 0 Å². The third kappa shape index (κ3) is 5.39. The normalized spacial score (nSPS) is 14.4. The zero-order valence-electron chi connectivity index (χ0n) is 12.2. The molecule has 0 aromatic heterocycles. The van der Waals surface area contributed by atoms with E-state index in [-0.39, 0.29) is 16.7 Å². The van der Waals surface area contributed by atoms with E-state index in [1.807, 2.05) is 13.0 Å². The molecule has 0 saturated heterocycles. The minimum absolute atomic E-state index is 0.127. The number of rotatable bonds is 7. The molecule has 4 nitrogen and oxygen atoms in total. The highest BCUT2D eigenvalue weighted by atomic mass is 16.6. The minimum atomic E-state index is -0.349. The monoisotopic (exact) mass is 264 g/mol. The van der Waals surface area contributed by atoms with Gasteiger partial charge < -0.3 is 5.32 Å². The van der Waals surface area contributed by atoms with E-state index >= 15 is 0 Å². The zero-order valence-corrected chi connectivity index (χ0v) is 12.2. The first-order chi connectivity index (χ1) is 8.90. The summed E-state index contributed by atoms with van der Waals surface area (Å²) in [5.41, 5.74) is 1.12. The van der Waals surface area contributed by atoms with Crippen molar-refractivity contribution < 1.29 is 4.92 Å². The summed E-state index contributed by atoms with van der Waals surface area (Å²) in [6.07, 6.45) is 2.31. The van der Waals surface area contributed by atoms with Gasteiger partial charge in [0.2, 0.25) is 0 Å². The Hall–Kier alpha value is -1.42. The Morgan fingerprint density at radius 2 is 1.89 bits per heavy atom. The third-order valence-corrected chi connectivity index (χ3v) is 3.29. The summed E-state index contributed by atoms with van der Waals surface area (Å²) in [6.45, 7) is 8.65. The second-order valence-corrected chi connectivity index (χ2v) is 5.61. The van der Waals surface area contributed by atoms with Crippen molar-refractivity contribution >= 4 is 5.69 Å². The van der Waals surface area contributed by atoms with Gasteiger partial charge in [-0.25, -0.2) is 0 Å². The van der Waals surface area contributed by atoms with E-state index in [0.29, 0.717) is 12.0 Å². The van der Waals surface area contributed by atoms with Crippen LogP contribution in [-0.2, 0) is 0 Å². The van der Waals surface area contributed by atoms with Crippen LogP contribution in [0.4, 0.5) is 5.69 Å². The number of hydrogen-bond donors (Lipinski definition) is 1. The lowest BCUT2D eigenvalue weighted by Gasteiger charge is -2.21. The Morgan fingerprint density at radius 3 is 2.47 bits per heavy atom. The van der Waals surface area contributed by atoms with Crippen molar-refractivity contribution in [2.45, 2.75) is 52.6 Å². The first-order valence-corrected chi connectivity index (χ1v) is 6.90. The lowest BCUT2D eigenvalue weighted by molar-refractivity contribution is -0.384. The van der Waals surface area contributed by atoms with Gasteiger partial charge in [-0.05, 0) is 38.2 Å². The Bertz CT molecular complexity index is 418. The topological polar surface area (TPSA) is 55.2 Å². The number of non-ortho nitro benzene ring substituents is 1. The number of nitro benzene ring substituents is 1. The highest BCUT2D eigenvalue weighted by Crippen LogP contribution is 2.20. The van der Waals surface area contributed by atoms with Gasteiger partial charge in [-0.15, -0.1) is 0 Å². The summed E-state index contributed by atoms with van der Waals surface area (Å²) in [5, 5.41) is 14.3. The summed E-state index contributed by atoms with van der Waals surface area (Å²) in [7, 11) is 0. The number of hydrogen-bond acceptors (Lipinski definition) is 3. The molecular formula is C15H24N2O2. The first-order valence-electron chi connectivity index (χ1n) is 6.90. The standard InChI is InChI=1S/C15H24N2O2/c1-11(2)8-9-12(3)16-13(4)14-6-5-7-15(10-14)17(18)19/h5-7,10-13,16H,8-9H2,1-4H3. The van der Waals surface area contributed by atoms with Gasteiger partial charge in [0, 0.05) is 24.2 Å². The molecular weight excluding hydrogens is 240 g/mol. The largest absolute Gasteiger partial charge is 0.308 e. The smallest absolute Gasteiger partial charge is 0.269 e. The van der Waals surface area contributed by atoms with Crippen LogP contribution < -0.4 is 5.32 Å². The number of nitrogens with zero attached hydrogens (tertiary/aromatic N) is 1. The van der Waals surface area contributed by atoms with E-state index in [2.05, 4.69) is 26.1 Å². The molecule has 0 aliphatic carbocycles. The van der Waals surface area contributed by atoms with Crippen LogP contribution in [-0.4, -0.2) is 11.0 Å². The molecule has 1 aromatic rings. The molecule has 0 bridgehead atoms. The van der Waals surface area contributed by atoms with Gasteiger partial charge in [-0.1, -0.05) is 26.0 Å². The predicted octanol–water partition coefficient (Wildman–Crippen LogP) is 4.07. The molecule has 0 aliphatic rings. The van der Waals surface area contributed by atoms with Crippen LogP contribution >= 0.6 is 0 Å². The SMILES string of the molecule is CC(C)CCC(C)NC(C)c1cccc([N+](=O)[O-])c1. The molecule has 2 atom stereocenters. The summed E-state index contributed by atoms with van der Waals surface area (Å²) >= 11 is 0. The molecule has 19 heavy (non-hydrogen) atoms. The average Bonchev–Trinajstić information content (AvgIpc) is 2.36. The van der Waals surface area contributed by atoms with Gasteiger partial charge in [0.05, 0.1) is 4.92 Å². The van der Waals surface area contributed by atoms with Gasteiger partial charge in [-0.2, -0.15) is 0 Å². The molecule has 1 aromatic carbocycles. The third-order valence-electron chi connectivity index (χ3n) is 3.29. The highest BCUT2D eigenvalue weighted by Gasteiger charge is 2.13. The van der Waals surface area contributed by atoms with Crippen LogP contribution in [0, 0.1) is 16.0 Å². The van der Waals surface area contributed by atoms with Gasteiger partial charge in [0.15, 0.2) is 0 Å². The van der Waals surface area contributed by atoms with Crippen molar-refractivity contribution in [1.82, 2.24) is 5.32 Å². The fraction of sp³-hybridized carbons (Fsp3) is 0.600. The minimum Gasteiger partial charge on any atom is -0.308 e. The van der Waals surface area contributed by atoms with Crippen molar-refractivity contribution in [2.75, 3.05) is 0 Å². The second kappa shape index (κ2) is 7.24. The Balaban J connectivity index is 2.59. The van der Waals surface area contributed by atoms with E-state index in [9.17, 15) is 10.1 Å². The van der Waals surface area contributed by atoms with Crippen molar-refractivity contribution in [2.24, 2.45) is 5.92 Å². The zero-order chi connectivity index (χ0) is 14.4. The molecule has 4 heteroatoms. The fourth-order valence-corrected chi connectivity index (χ4v) is 2.10. The van der Waals surface area contributed by atoms with E-state index < -0.39 is 0 Å². The lowest BCUT2D eigenvalue weighted by atomic mass is 10.0. The summed E-state index contributed by atoms with van der Waals surface area (Å²) in [5.74, 6) is 0.706. The van der Waals surface area contributed by atoms with Crippen molar-refractivity contribution in [3.8, 4) is 0 Å². The van der Waals surface area contributed by atoms with Gasteiger partial charge in [0.1, 0.15) is 0 Å². The Morgan fingerprint density at radius 1 is 1.21 bits per heavy atom. The molecule has 2 unspecified atom stereocenters. The molecule has 1 rings (SSSR count). The molecule has 0 fully saturated rings. The van der Waals surface area contributed by atoms with Crippen LogP contribution in [0.2, 0.25) is 0 Å². The van der Waals surface area contributed by atoms with E-state index in [1.165, 1.54) is 12.5 Å².